The summed E-state index contributed by atoms with van der Waals surface area (Å²) in [5.74, 6) is 0. The predicted octanol–water partition coefficient (Wildman–Crippen LogP) is 1.43. The highest BCUT2D eigenvalue weighted by atomic mass is 35.7. The first kappa shape index (κ1) is 12.3. The van der Waals surface area contributed by atoms with Crippen molar-refractivity contribution in [2.24, 2.45) is 0 Å². The normalized spacial score (nSPS) is 11.1. The van der Waals surface area contributed by atoms with Gasteiger partial charge in [-0.05, 0) is 0 Å². The Morgan fingerprint density at radius 1 is 1.12 bits per heavy atom. The first-order valence-electron chi connectivity index (χ1n) is 3.61. The van der Waals surface area contributed by atoms with Crippen molar-refractivity contribution in [3.05, 3.63) is 38.4 Å². The van der Waals surface area contributed by atoms with E-state index in [1.165, 1.54) is 0 Å². The molecule has 86 valence electrons. The molecule has 0 unspecified atom stereocenters. The molecule has 0 saturated heterocycles. The van der Waals surface area contributed by atoms with Gasteiger partial charge in [-0.15, -0.1) is 0 Å². The molecule has 8 nitrogen and oxygen atoms in total. The third-order valence-electron chi connectivity index (χ3n) is 1.61. The average Bonchev–Trinajstić information content (AvgIpc) is 2.15. The van der Waals surface area contributed by atoms with Gasteiger partial charge in [0.25, 0.3) is 20.4 Å². The van der Waals surface area contributed by atoms with Crippen LogP contribution in [0.4, 0.5) is 11.4 Å². The van der Waals surface area contributed by atoms with Crippen molar-refractivity contribution in [2.75, 3.05) is 0 Å². The van der Waals surface area contributed by atoms with Gasteiger partial charge < -0.3 is 0 Å². The molecular formula is C6H3ClN2O6S. The van der Waals surface area contributed by atoms with Gasteiger partial charge in [0.05, 0.1) is 9.85 Å². The Kier molecular flexibility index (Phi) is 3.10. The maximum Gasteiger partial charge on any atom is 0.289 e. The Hall–Kier alpha value is -1.74. The average molecular weight is 267 g/mol. The van der Waals surface area contributed by atoms with Gasteiger partial charge >= 0.3 is 0 Å². The Labute approximate surface area is 93.2 Å². The monoisotopic (exact) mass is 266 g/mol. The van der Waals surface area contributed by atoms with E-state index in [-0.39, 0.29) is 0 Å². The van der Waals surface area contributed by atoms with Crippen LogP contribution in [0.3, 0.4) is 0 Å². The van der Waals surface area contributed by atoms with Crippen molar-refractivity contribution < 1.29 is 18.3 Å². The molecule has 0 bridgehead atoms. The highest BCUT2D eigenvalue weighted by Crippen LogP contribution is 2.30. The van der Waals surface area contributed by atoms with E-state index in [4.69, 9.17) is 10.7 Å². The zero-order chi connectivity index (χ0) is 12.5. The smallest absolute Gasteiger partial charge is 0.258 e. The molecule has 0 aromatic heterocycles. The quantitative estimate of drug-likeness (QED) is 0.463. The van der Waals surface area contributed by atoms with Gasteiger partial charge in [-0.3, -0.25) is 20.2 Å². The fourth-order valence-electron chi connectivity index (χ4n) is 0.962. The van der Waals surface area contributed by atoms with Crippen LogP contribution in [0.5, 0.6) is 0 Å². The number of nitro benzene ring substituents is 2. The van der Waals surface area contributed by atoms with Crippen LogP contribution < -0.4 is 0 Å². The molecule has 0 amide bonds. The van der Waals surface area contributed by atoms with E-state index in [9.17, 15) is 28.6 Å². The van der Waals surface area contributed by atoms with Crippen molar-refractivity contribution in [3.8, 4) is 0 Å². The van der Waals surface area contributed by atoms with Crippen LogP contribution >= 0.6 is 10.7 Å². The second-order valence-electron chi connectivity index (χ2n) is 2.60. The van der Waals surface area contributed by atoms with Crippen LogP contribution in [0.25, 0.3) is 0 Å². The van der Waals surface area contributed by atoms with Crippen molar-refractivity contribution in [1.29, 1.82) is 0 Å². The minimum atomic E-state index is -4.41. The standard InChI is InChI=1S/C6H3ClN2O6S/c7-16(14,15)6-3-4(8(10)11)1-2-5(6)9(12)13/h1-3H. The Morgan fingerprint density at radius 3 is 2.06 bits per heavy atom. The lowest BCUT2D eigenvalue weighted by Gasteiger charge is -1.98. The lowest BCUT2D eigenvalue weighted by molar-refractivity contribution is -0.391. The zero-order valence-electron chi connectivity index (χ0n) is 7.36. The summed E-state index contributed by atoms with van der Waals surface area (Å²) in [7, 11) is 0.521. The molecule has 0 aliphatic rings. The fourth-order valence-corrected chi connectivity index (χ4v) is 1.99. The van der Waals surface area contributed by atoms with Crippen LogP contribution in [0.1, 0.15) is 0 Å². The van der Waals surface area contributed by atoms with Crippen LogP contribution in [0.2, 0.25) is 0 Å². The summed E-state index contributed by atoms with van der Waals surface area (Å²) >= 11 is 0. The number of hydrogen-bond acceptors (Lipinski definition) is 6. The summed E-state index contributed by atoms with van der Waals surface area (Å²) in [6.07, 6.45) is 0. The van der Waals surface area contributed by atoms with Gasteiger partial charge in [-0.2, -0.15) is 0 Å². The van der Waals surface area contributed by atoms with Gasteiger partial charge in [0.15, 0.2) is 4.90 Å². The van der Waals surface area contributed by atoms with Gasteiger partial charge in [0.1, 0.15) is 0 Å². The molecule has 0 N–H and O–H groups in total. The van der Waals surface area contributed by atoms with Crippen molar-refractivity contribution in [3.63, 3.8) is 0 Å². The minimum Gasteiger partial charge on any atom is -0.258 e. The number of non-ortho nitro benzene ring substituents is 1. The summed E-state index contributed by atoms with van der Waals surface area (Å²) in [6, 6.07) is 2.08. The number of rotatable bonds is 3. The molecule has 0 radical (unpaired) electrons. The van der Waals surface area contributed by atoms with Gasteiger partial charge in [-0.1, -0.05) is 0 Å². The number of benzene rings is 1. The molecular weight excluding hydrogens is 264 g/mol. The summed E-state index contributed by atoms with van der Waals surface area (Å²) in [5.41, 5.74) is -1.40. The SMILES string of the molecule is O=[N+]([O-])c1ccc([N+](=O)[O-])c(S(=O)(=O)Cl)c1. The van der Waals surface area contributed by atoms with Crippen LogP contribution in [-0.4, -0.2) is 18.3 Å². The van der Waals surface area contributed by atoms with Crippen molar-refractivity contribution in [1.82, 2.24) is 0 Å². The number of halogens is 1. The Balaban J connectivity index is 3.58. The number of nitro groups is 2. The fraction of sp³-hybridized carbons (Fsp3) is 0. The molecule has 0 aliphatic heterocycles. The molecule has 0 heterocycles. The molecule has 1 aromatic carbocycles. The molecule has 1 aromatic rings. The van der Waals surface area contributed by atoms with Gasteiger partial charge in [-0.25, -0.2) is 8.42 Å². The lowest BCUT2D eigenvalue weighted by atomic mass is 10.3. The van der Waals surface area contributed by atoms with E-state index in [0.29, 0.717) is 12.1 Å². The highest BCUT2D eigenvalue weighted by Gasteiger charge is 2.26. The van der Waals surface area contributed by atoms with Crippen molar-refractivity contribution >= 4 is 31.1 Å². The second-order valence-corrected chi connectivity index (χ2v) is 5.14. The number of hydrogen-bond donors (Lipinski definition) is 0. The predicted molar refractivity (Wildman–Crippen MR) is 52.8 cm³/mol. The van der Waals surface area contributed by atoms with E-state index < -0.39 is 35.2 Å². The molecule has 10 heteroatoms. The maximum atomic E-state index is 11.0. The van der Waals surface area contributed by atoms with E-state index in [0.717, 1.165) is 6.07 Å². The summed E-state index contributed by atoms with van der Waals surface area (Å²) in [6.45, 7) is 0. The second kappa shape index (κ2) is 4.02. The highest BCUT2D eigenvalue weighted by molar-refractivity contribution is 8.13. The molecule has 0 atom stereocenters. The first-order chi connectivity index (χ1) is 7.23. The maximum absolute atomic E-state index is 11.0. The first-order valence-corrected chi connectivity index (χ1v) is 5.92. The molecule has 0 aliphatic carbocycles. The van der Waals surface area contributed by atoms with E-state index in [2.05, 4.69) is 0 Å². The third-order valence-corrected chi connectivity index (χ3v) is 2.96. The van der Waals surface area contributed by atoms with Crippen LogP contribution in [0.15, 0.2) is 23.1 Å². The largest absolute Gasteiger partial charge is 0.289 e. The van der Waals surface area contributed by atoms with E-state index in [1.54, 1.807) is 0 Å². The van der Waals surface area contributed by atoms with E-state index in [1.807, 2.05) is 0 Å². The molecule has 16 heavy (non-hydrogen) atoms. The third kappa shape index (κ3) is 2.44. The molecule has 0 fully saturated rings. The molecule has 0 saturated carbocycles. The molecule has 1 rings (SSSR count). The molecule has 0 spiro atoms. The minimum absolute atomic E-state index is 0.542. The topological polar surface area (TPSA) is 120 Å². The summed E-state index contributed by atoms with van der Waals surface area (Å²) < 4.78 is 21.9. The van der Waals surface area contributed by atoms with Crippen LogP contribution in [0, 0.1) is 20.2 Å². The van der Waals surface area contributed by atoms with Gasteiger partial charge in [0.2, 0.25) is 0 Å². The Morgan fingerprint density at radius 2 is 1.69 bits per heavy atom. The van der Waals surface area contributed by atoms with Crippen molar-refractivity contribution in [2.45, 2.75) is 4.90 Å². The van der Waals surface area contributed by atoms with Crippen LogP contribution in [-0.2, 0) is 9.05 Å². The number of nitrogens with zero attached hydrogens (tertiary/aromatic N) is 2. The summed E-state index contributed by atoms with van der Waals surface area (Å²) in [5, 5.41) is 20.8. The zero-order valence-corrected chi connectivity index (χ0v) is 8.93. The Bertz CT molecular complexity index is 568. The van der Waals surface area contributed by atoms with Gasteiger partial charge in [0, 0.05) is 28.9 Å². The summed E-state index contributed by atoms with van der Waals surface area (Å²) in [4.78, 5) is 18.1. The lowest BCUT2D eigenvalue weighted by Crippen LogP contribution is -2.00. The van der Waals surface area contributed by atoms with E-state index >= 15 is 0 Å².